The number of hydrogen-bond donors (Lipinski definition) is 2. The number of aryl methyl sites for hydroxylation is 1. The Labute approximate surface area is 139 Å². The van der Waals surface area contributed by atoms with Crippen molar-refractivity contribution < 1.29 is 10.2 Å². The summed E-state index contributed by atoms with van der Waals surface area (Å²) in [4.78, 5) is 30.8. The highest BCUT2D eigenvalue weighted by Gasteiger charge is 2.21. The minimum Gasteiger partial charge on any atom is -0.390 e. The molecule has 24 heavy (non-hydrogen) atoms. The maximum Gasteiger partial charge on any atom is 0.332 e. The van der Waals surface area contributed by atoms with Crippen LogP contribution in [0.1, 0.15) is 19.7 Å². The van der Waals surface area contributed by atoms with Crippen LogP contribution >= 0.6 is 0 Å². The molecule has 2 N–H and O–H groups in total. The van der Waals surface area contributed by atoms with Gasteiger partial charge in [0, 0.05) is 20.6 Å². The highest BCUT2D eigenvalue weighted by Crippen LogP contribution is 2.12. The summed E-state index contributed by atoms with van der Waals surface area (Å²) in [5.74, 6) is 0.252. The van der Waals surface area contributed by atoms with E-state index in [2.05, 4.69) is 9.88 Å². The Morgan fingerprint density at radius 1 is 1.17 bits per heavy atom. The quantitative estimate of drug-likeness (QED) is 0.645. The second kappa shape index (κ2) is 7.29. The topological polar surface area (TPSA) is 106 Å². The Kier molecular flexibility index (Phi) is 5.58. The first-order valence-electron chi connectivity index (χ1n) is 8.02. The molecule has 0 unspecified atom stereocenters. The van der Waals surface area contributed by atoms with Gasteiger partial charge in [-0.2, -0.15) is 0 Å². The van der Waals surface area contributed by atoms with Gasteiger partial charge >= 0.3 is 5.69 Å². The lowest BCUT2D eigenvalue weighted by molar-refractivity contribution is 0.102. The van der Waals surface area contributed by atoms with Gasteiger partial charge in [-0.1, -0.05) is 13.8 Å². The summed E-state index contributed by atoms with van der Waals surface area (Å²) in [7, 11) is 2.92. The summed E-state index contributed by atoms with van der Waals surface area (Å²) >= 11 is 0. The van der Waals surface area contributed by atoms with Crippen molar-refractivity contribution in [2.24, 2.45) is 14.1 Å². The first kappa shape index (κ1) is 18.4. The molecular formula is C15H25N5O4. The van der Waals surface area contributed by atoms with Gasteiger partial charge in [0.25, 0.3) is 5.56 Å². The standard InChI is InChI=1S/C15H25N5O4/c1-5-19(6-2)7-10(22)8-20-11(9-21)16-13-12(20)14(23)18(4)15(24)17(13)3/h10,21-22H,5-9H2,1-4H3/t10-/m0/s1. The van der Waals surface area contributed by atoms with Crippen LogP contribution in [0.4, 0.5) is 0 Å². The SMILES string of the molecule is CCN(CC)C[C@H](O)Cn1c(CO)nc2c1c(=O)n(C)c(=O)n2C. The Morgan fingerprint density at radius 3 is 2.33 bits per heavy atom. The molecule has 1 atom stereocenters. The third-order valence-electron chi connectivity index (χ3n) is 4.33. The molecule has 0 saturated heterocycles. The van der Waals surface area contributed by atoms with Gasteiger partial charge in [0.05, 0.1) is 12.6 Å². The van der Waals surface area contributed by atoms with E-state index in [-0.39, 0.29) is 30.1 Å². The second-order valence-corrected chi connectivity index (χ2v) is 5.81. The molecule has 0 saturated carbocycles. The van der Waals surface area contributed by atoms with E-state index in [1.54, 1.807) is 0 Å². The van der Waals surface area contributed by atoms with Gasteiger partial charge in [-0.25, -0.2) is 9.78 Å². The maximum atomic E-state index is 12.5. The molecule has 0 radical (unpaired) electrons. The van der Waals surface area contributed by atoms with E-state index in [1.807, 2.05) is 13.8 Å². The monoisotopic (exact) mass is 339 g/mol. The maximum absolute atomic E-state index is 12.5. The van der Waals surface area contributed by atoms with Gasteiger partial charge in [-0.15, -0.1) is 0 Å². The van der Waals surface area contributed by atoms with Crippen LogP contribution in [0.2, 0.25) is 0 Å². The molecule has 2 rings (SSSR count). The molecule has 0 bridgehead atoms. The number of fused-ring (bicyclic) bond motifs is 1. The van der Waals surface area contributed by atoms with Crippen LogP contribution < -0.4 is 11.2 Å². The lowest BCUT2D eigenvalue weighted by Gasteiger charge is -2.22. The molecule has 9 heteroatoms. The zero-order valence-corrected chi connectivity index (χ0v) is 14.6. The van der Waals surface area contributed by atoms with Crippen molar-refractivity contribution in [3.63, 3.8) is 0 Å². The average Bonchev–Trinajstić information content (AvgIpc) is 2.94. The van der Waals surface area contributed by atoms with Crippen LogP contribution in [0.5, 0.6) is 0 Å². The minimum absolute atomic E-state index is 0.121. The lowest BCUT2D eigenvalue weighted by Crippen LogP contribution is -2.38. The van der Waals surface area contributed by atoms with Gasteiger partial charge in [-0.05, 0) is 13.1 Å². The highest BCUT2D eigenvalue weighted by atomic mass is 16.3. The molecule has 2 aromatic rings. The van der Waals surface area contributed by atoms with Crippen LogP contribution in [-0.4, -0.2) is 59.5 Å². The average molecular weight is 339 g/mol. The first-order valence-corrected chi connectivity index (χ1v) is 8.02. The van der Waals surface area contributed by atoms with Crippen LogP contribution in [0.15, 0.2) is 9.59 Å². The zero-order valence-electron chi connectivity index (χ0n) is 14.6. The molecular weight excluding hydrogens is 314 g/mol. The number of hydrogen-bond acceptors (Lipinski definition) is 6. The molecule has 2 heterocycles. The van der Waals surface area contributed by atoms with E-state index in [9.17, 15) is 19.8 Å². The van der Waals surface area contributed by atoms with Gasteiger partial charge in [0.15, 0.2) is 11.2 Å². The fraction of sp³-hybridized carbons (Fsp3) is 0.667. The van der Waals surface area contributed by atoms with Crippen LogP contribution in [0.25, 0.3) is 11.2 Å². The number of nitrogens with zero attached hydrogens (tertiary/aromatic N) is 5. The molecule has 9 nitrogen and oxygen atoms in total. The van der Waals surface area contributed by atoms with Crippen LogP contribution in [0, 0.1) is 0 Å². The van der Waals surface area contributed by atoms with E-state index in [0.29, 0.717) is 6.54 Å². The van der Waals surface area contributed by atoms with Crippen molar-refractivity contribution in [2.75, 3.05) is 19.6 Å². The molecule has 0 spiro atoms. The summed E-state index contributed by atoms with van der Waals surface area (Å²) in [5, 5.41) is 19.9. The van der Waals surface area contributed by atoms with Crippen molar-refractivity contribution in [2.45, 2.75) is 33.1 Å². The zero-order chi connectivity index (χ0) is 18.0. The van der Waals surface area contributed by atoms with E-state index in [0.717, 1.165) is 17.7 Å². The summed E-state index contributed by atoms with van der Waals surface area (Å²) in [6.07, 6.45) is -0.727. The summed E-state index contributed by atoms with van der Waals surface area (Å²) in [5.41, 5.74) is -0.551. The largest absolute Gasteiger partial charge is 0.390 e. The number of imidazole rings is 1. The minimum atomic E-state index is -0.727. The molecule has 0 aromatic carbocycles. The van der Waals surface area contributed by atoms with Crippen molar-refractivity contribution in [1.82, 2.24) is 23.6 Å². The number of aromatic nitrogens is 4. The third-order valence-corrected chi connectivity index (χ3v) is 4.33. The Bertz CT molecular complexity index is 831. The number of rotatable bonds is 7. The van der Waals surface area contributed by atoms with Crippen LogP contribution in [-0.2, 0) is 27.2 Å². The number of aliphatic hydroxyl groups excluding tert-OH is 2. The lowest BCUT2D eigenvalue weighted by atomic mass is 10.3. The van der Waals surface area contributed by atoms with Gasteiger partial charge in [0.1, 0.15) is 12.4 Å². The molecule has 0 aliphatic rings. The van der Waals surface area contributed by atoms with E-state index >= 15 is 0 Å². The van der Waals surface area contributed by atoms with Crippen molar-refractivity contribution >= 4 is 11.2 Å². The predicted molar refractivity (Wildman–Crippen MR) is 89.9 cm³/mol. The fourth-order valence-corrected chi connectivity index (χ4v) is 2.86. The molecule has 0 amide bonds. The Morgan fingerprint density at radius 2 is 1.79 bits per heavy atom. The second-order valence-electron chi connectivity index (χ2n) is 5.81. The van der Waals surface area contributed by atoms with E-state index in [4.69, 9.17) is 0 Å². The van der Waals surface area contributed by atoms with E-state index < -0.39 is 17.4 Å². The normalized spacial score (nSPS) is 13.1. The Balaban J connectivity index is 2.53. The third kappa shape index (κ3) is 3.14. The predicted octanol–water partition coefficient (Wildman–Crippen LogP) is -1.37. The van der Waals surface area contributed by atoms with Crippen LogP contribution in [0.3, 0.4) is 0 Å². The summed E-state index contributed by atoms with van der Waals surface area (Å²) in [6, 6.07) is 0. The van der Waals surface area contributed by atoms with Crippen molar-refractivity contribution in [3.05, 3.63) is 26.7 Å². The summed E-state index contributed by atoms with van der Waals surface area (Å²) in [6.45, 7) is 5.81. The Hall–Kier alpha value is -1.97. The first-order chi connectivity index (χ1) is 11.3. The summed E-state index contributed by atoms with van der Waals surface area (Å²) < 4.78 is 3.77. The molecule has 0 fully saturated rings. The van der Waals surface area contributed by atoms with Crippen molar-refractivity contribution in [3.8, 4) is 0 Å². The van der Waals surface area contributed by atoms with Crippen molar-refractivity contribution in [1.29, 1.82) is 0 Å². The van der Waals surface area contributed by atoms with Gasteiger partial charge in [-0.3, -0.25) is 13.9 Å². The molecule has 0 aliphatic heterocycles. The van der Waals surface area contributed by atoms with E-state index in [1.165, 1.54) is 23.2 Å². The molecule has 0 aliphatic carbocycles. The molecule has 134 valence electrons. The van der Waals surface area contributed by atoms with Gasteiger partial charge < -0.3 is 19.7 Å². The molecule has 2 aromatic heterocycles. The van der Waals surface area contributed by atoms with Gasteiger partial charge in [0.2, 0.25) is 0 Å². The number of aliphatic hydroxyl groups is 2. The fourth-order valence-electron chi connectivity index (χ4n) is 2.86. The smallest absolute Gasteiger partial charge is 0.332 e. The highest BCUT2D eigenvalue weighted by molar-refractivity contribution is 5.71. The number of likely N-dealkylation sites (N-methyl/N-ethyl adjacent to an activating group) is 1.